The predicted molar refractivity (Wildman–Crippen MR) is 63.1 cm³/mol. The minimum atomic E-state index is 0.422. The van der Waals surface area contributed by atoms with E-state index in [4.69, 9.17) is 5.26 Å². The summed E-state index contributed by atoms with van der Waals surface area (Å²) in [5, 5.41) is 12.9. The van der Waals surface area contributed by atoms with Gasteiger partial charge in [0.05, 0.1) is 11.6 Å². The van der Waals surface area contributed by atoms with Crippen LogP contribution in [0.5, 0.6) is 0 Å². The van der Waals surface area contributed by atoms with Gasteiger partial charge in [0.2, 0.25) is 0 Å². The van der Waals surface area contributed by atoms with E-state index < -0.39 is 0 Å². The number of pyridine rings is 1. The van der Waals surface area contributed by atoms with Crippen molar-refractivity contribution >= 4 is 17.2 Å². The van der Waals surface area contributed by atoms with Crippen LogP contribution >= 0.6 is 11.3 Å². The third kappa shape index (κ3) is 2.55. The molecule has 80 valence electrons. The number of thiazole rings is 1. The summed E-state index contributed by atoms with van der Waals surface area (Å²) in [6.07, 6.45) is 1.85. The zero-order valence-corrected chi connectivity index (χ0v) is 9.58. The molecule has 2 aromatic heterocycles. The Hall–Kier alpha value is -1.93. The number of anilines is 1. The van der Waals surface area contributed by atoms with Gasteiger partial charge in [0.25, 0.3) is 0 Å². The van der Waals surface area contributed by atoms with Gasteiger partial charge in [0.1, 0.15) is 17.6 Å². The van der Waals surface area contributed by atoms with Crippen molar-refractivity contribution in [2.45, 2.75) is 13.5 Å². The maximum atomic E-state index is 8.70. The molecule has 16 heavy (non-hydrogen) atoms. The Balaban J connectivity index is 2.02. The number of hydrogen-bond acceptors (Lipinski definition) is 5. The summed E-state index contributed by atoms with van der Waals surface area (Å²) >= 11 is 1.65. The van der Waals surface area contributed by atoms with Gasteiger partial charge in [-0.3, -0.25) is 0 Å². The molecule has 2 rings (SSSR count). The van der Waals surface area contributed by atoms with Gasteiger partial charge in [0, 0.05) is 11.1 Å². The van der Waals surface area contributed by atoms with Crippen LogP contribution in [-0.4, -0.2) is 9.97 Å². The van der Waals surface area contributed by atoms with E-state index in [1.165, 1.54) is 0 Å². The molecule has 0 fully saturated rings. The second-order valence-electron chi connectivity index (χ2n) is 3.22. The fourth-order valence-corrected chi connectivity index (χ4v) is 1.99. The van der Waals surface area contributed by atoms with E-state index in [1.807, 2.05) is 31.3 Å². The molecule has 0 saturated heterocycles. The van der Waals surface area contributed by atoms with Crippen molar-refractivity contribution in [2.75, 3.05) is 5.32 Å². The minimum absolute atomic E-state index is 0.422. The maximum absolute atomic E-state index is 8.70. The van der Waals surface area contributed by atoms with Crippen LogP contribution in [0.2, 0.25) is 0 Å². The van der Waals surface area contributed by atoms with Crippen LogP contribution in [0.1, 0.15) is 15.6 Å². The Morgan fingerprint density at radius 1 is 1.50 bits per heavy atom. The highest BCUT2D eigenvalue weighted by Crippen LogP contribution is 2.13. The van der Waals surface area contributed by atoms with Gasteiger partial charge in [0.15, 0.2) is 0 Å². The highest BCUT2D eigenvalue weighted by Gasteiger charge is 1.99. The molecule has 1 N–H and O–H groups in total. The molecule has 0 aliphatic heterocycles. The predicted octanol–water partition coefficient (Wildman–Crippen LogP) is 2.33. The maximum Gasteiger partial charge on any atom is 0.142 e. The Labute approximate surface area is 97.6 Å². The molecule has 0 spiro atoms. The lowest BCUT2D eigenvalue weighted by atomic mass is 10.3. The first-order valence-corrected chi connectivity index (χ1v) is 5.62. The van der Waals surface area contributed by atoms with E-state index in [9.17, 15) is 0 Å². The molecule has 0 radical (unpaired) electrons. The second-order valence-corrected chi connectivity index (χ2v) is 4.54. The van der Waals surface area contributed by atoms with E-state index in [2.05, 4.69) is 15.3 Å². The molecule has 0 aliphatic rings. The molecule has 0 amide bonds. The average molecular weight is 230 g/mol. The third-order valence-electron chi connectivity index (χ3n) is 1.98. The molecule has 0 saturated carbocycles. The van der Waals surface area contributed by atoms with Crippen LogP contribution in [0, 0.1) is 18.3 Å². The van der Waals surface area contributed by atoms with Gasteiger partial charge >= 0.3 is 0 Å². The second kappa shape index (κ2) is 4.73. The van der Waals surface area contributed by atoms with Crippen LogP contribution in [0.15, 0.2) is 24.4 Å². The number of hydrogen-bond donors (Lipinski definition) is 1. The molecule has 0 unspecified atom stereocenters. The van der Waals surface area contributed by atoms with Crippen molar-refractivity contribution in [3.05, 3.63) is 40.0 Å². The SMILES string of the molecule is Cc1ncc(CNc2cccc(C#N)n2)s1. The molecule has 0 aromatic carbocycles. The highest BCUT2D eigenvalue weighted by molar-refractivity contribution is 7.11. The Bertz CT molecular complexity index is 527. The zero-order chi connectivity index (χ0) is 11.4. The Morgan fingerprint density at radius 3 is 3.06 bits per heavy atom. The molecular formula is C11H10N4S. The molecule has 0 atom stereocenters. The first kappa shape index (κ1) is 10.6. The quantitative estimate of drug-likeness (QED) is 0.879. The molecular weight excluding hydrogens is 220 g/mol. The number of rotatable bonds is 3. The van der Waals surface area contributed by atoms with Crippen molar-refractivity contribution in [2.24, 2.45) is 0 Å². The number of nitrogens with one attached hydrogen (secondary N) is 1. The summed E-state index contributed by atoms with van der Waals surface area (Å²) in [6, 6.07) is 7.34. The van der Waals surface area contributed by atoms with Crippen LogP contribution in [0.4, 0.5) is 5.82 Å². The van der Waals surface area contributed by atoms with Crippen molar-refractivity contribution in [3.8, 4) is 6.07 Å². The highest BCUT2D eigenvalue weighted by atomic mass is 32.1. The molecule has 2 aromatic rings. The van der Waals surface area contributed by atoms with Gasteiger partial charge < -0.3 is 5.32 Å². The monoisotopic (exact) mass is 230 g/mol. The van der Waals surface area contributed by atoms with Gasteiger partial charge in [-0.15, -0.1) is 11.3 Å². The van der Waals surface area contributed by atoms with Crippen LogP contribution in [0.25, 0.3) is 0 Å². The van der Waals surface area contributed by atoms with Gasteiger partial charge in [-0.1, -0.05) is 6.07 Å². The van der Waals surface area contributed by atoms with E-state index in [0.29, 0.717) is 18.1 Å². The number of nitrogens with zero attached hydrogens (tertiary/aromatic N) is 3. The third-order valence-corrected chi connectivity index (χ3v) is 2.89. The first-order valence-electron chi connectivity index (χ1n) is 4.80. The average Bonchev–Trinajstić information content (AvgIpc) is 2.73. The first-order chi connectivity index (χ1) is 7.78. The van der Waals surface area contributed by atoms with Crippen molar-refractivity contribution in [3.63, 3.8) is 0 Å². The molecule has 4 nitrogen and oxygen atoms in total. The largest absolute Gasteiger partial charge is 0.365 e. The summed E-state index contributed by atoms with van der Waals surface area (Å²) < 4.78 is 0. The lowest BCUT2D eigenvalue weighted by Crippen LogP contribution is -2.00. The Morgan fingerprint density at radius 2 is 2.38 bits per heavy atom. The van der Waals surface area contributed by atoms with E-state index in [0.717, 1.165) is 9.88 Å². The van der Waals surface area contributed by atoms with Crippen molar-refractivity contribution < 1.29 is 0 Å². The minimum Gasteiger partial charge on any atom is -0.365 e. The smallest absolute Gasteiger partial charge is 0.142 e. The van der Waals surface area contributed by atoms with Crippen molar-refractivity contribution in [1.29, 1.82) is 5.26 Å². The van der Waals surface area contributed by atoms with Crippen molar-refractivity contribution in [1.82, 2.24) is 9.97 Å². The van der Waals surface area contributed by atoms with Crippen LogP contribution in [-0.2, 0) is 6.54 Å². The van der Waals surface area contributed by atoms with Crippen LogP contribution in [0.3, 0.4) is 0 Å². The fourth-order valence-electron chi connectivity index (χ4n) is 1.26. The summed E-state index contributed by atoms with van der Waals surface area (Å²) in [7, 11) is 0. The summed E-state index contributed by atoms with van der Waals surface area (Å²) in [5.74, 6) is 0.713. The van der Waals surface area contributed by atoms with Gasteiger partial charge in [-0.05, 0) is 19.1 Å². The van der Waals surface area contributed by atoms with E-state index in [1.54, 1.807) is 17.4 Å². The fraction of sp³-hybridized carbons (Fsp3) is 0.182. The molecule has 2 heterocycles. The van der Waals surface area contributed by atoms with E-state index >= 15 is 0 Å². The number of nitriles is 1. The lowest BCUT2D eigenvalue weighted by molar-refractivity contribution is 1.12. The lowest BCUT2D eigenvalue weighted by Gasteiger charge is -2.02. The Kier molecular flexibility index (Phi) is 3.13. The molecule has 0 bridgehead atoms. The van der Waals surface area contributed by atoms with Crippen LogP contribution < -0.4 is 5.32 Å². The zero-order valence-electron chi connectivity index (χ0n) is 8.77. The topological polar surface area (TPSA) is 61.6 Å². The number of aryl methyl sites for hydroxylation is 1. The summed E-state index contributed by atoms with van der Waals surface area (Å²) in [6.45, 7) is 2.66. The van der Waals surface area contributed by atoms with Gasteiger partial charge in [-0.2, -0.15) is 5.26 Å². The van der Waals surface area contributed by atoms with E-state index in [-0.39, 0.29) is 0 Å². The summed E-state index contributed by atoms with van der Waals surface area (Å²) in [5.41, 5.74) is 0.422. The normalized spacial score (nSPS) is 9.75. The van der Waals surface area contributed by atoms with Gasteiger partial charge in [-0.25, -0.2) is 9.97 Å². The number of aromatic nitrogens is 2. The standard InChI is InChI=1S/C11H10N4S/c1-8-13-6-10(16-8)7-14-11-4-2-3-9(5-12)15-11/h2-4,6H,7H2,1H3,(H,14,15). The molecule has 5 heteroatoms. The molecule has 0 aliphatic carbocycles. The summed E-state index contributed by atoms with van der Waals surface area (Å²) in [4.78, 5) is 9.45.